The molecule has 42 heavy (non-hydrogen) atoms. The van der Waals surface area contributed by atoms with Crippen LogP contribution in [0.15, 0.2) is 30.3 Å². The first kappa shape index (κ1) is 31.9. The summed E-state index contributed by atoms with van der Waals surface area (Å²) in [5.41, 5.74) is 0.141. The number of nitrogens with zero attached hydrogens (tertiary/aromatic N) is 3. The molecule has 0 bridgehead atoms. The normalized spacial score (nSPS) is 18.6. The molecule has 0 unspecified atom stereocenters. The van der Waals surface area contributed by atoms with Crippen LogP contribution in [0.1, 0.15) is 29.3 Å². The Labute approximate surface area is 245 Å². The first-order chi connectivity index (χ1) is 19.9. The summed E-state index contributed by atoms with van der Waals surface area (Å²) in [6.07, 6.45) is -5.85. The average molecular weight is 618 g/mol. The van der Waals surface area contributed by atoms with Crippen LogP contribution in [0, 0.1) is 11.6 Å². The minimum atomic E-state index is -4.23. The van der Waals surface area contributed by atoms with Crippen LogP contribution in [0.25, 0.3) is 0 Å². The molecule has 2 aromatic carbocycles. The molecule has 2 heterocycles. The molecular formula is C28H33ClF5N5O3. The molecule has 230 valence electrons. The maximum atomic E-state index is 15.0. The Hall–Kier alpha value is -3.00. The lowest BCUT2D eigenvalue weighted by Crippen LogP contribution is -2.49. The monoisotopic (exact) mass is 617 g/mol. The summed E-state index contributed by atoms with van der Waals surface area (Å²) in [6.45, 7) is 5.36. The van der Waals surface area contributed by atoms with E-state index in [4.69, 9.17) is 16.3 Å². The van der Waals surface area contributed by atoms with Crippen LogP contribution in [0.5, 0.6) is 0 Å². The van der Waals surface area contributed by atoms with E-state index in [2.05, 4.69) is 10.6 Å². The third-order valence-corrected chi connectivity index (χ3v) is 7.62. The van der Waals surface area contributed by atoms with E-state index in [1.165, 1.54) is 18.2 Å². The van der Waals surface area contributed by atoms with Crippen LogP contribution in [0.2, 0.25) is 5.02 Å². The molecule has 2 N–H and O–H groups in total. The van der Waals surface area contributed by atoms with Crippen molar-refractivity contribution in [3.8, 4) is 0 Å². The van der Waals surface area contributed by atoms with Gasteiger partial charge in [0.1, 0.15) is 6.10 Å². The number of carbonyl (C=O) groups excluding carboxylic acids is 2. The number of benzene rings is 2. The number of ether oxygens (including phenoxy) is 1. The number of likely N-dealkylation sites (N-methyl/N-ethyl adjacent to an activating group) is 1. The van der Waals surface area contributed by atoms with E-state index in [-0.39, 0.29) is 24.3 Å². The third-order valence-electron chi connectivity index (χ3n) is 7.38. The van der Waals surface area contributed by atoms with Crippen LogP contribution < -0.4 is 15.5 Å². The highest BCUT2D eigenvalue weighted by atomic mass is 35.5. The van der Waals surface area contributed by atoms with Crippen LogP contribution in [-0.4, -0.2) is 92.9 Å². The second-order valence-corrected chi connectivity index (χ2v) is 10.6. The van der Waals surface area contributed by atoms with Crippen LogP contribution in [0.3, 0.4) is 0 Å². The summed E-state index contributed by atoms with van der Waals surface area (Å²) < 4.78 is 73.2. The van der Waals surface area contributed by atoms with Crippen LogP contribution in [0.4, 0.5) is 33.3 Å². The minimum Gasteiger partial charge on any atom is -0.367 e. The van der Waals surface area contributed by atoms with Crippen molar-refractivity contribution in [1.82, 2.24) is 15.1 Å². The fraction of sp³-hybridized carbons (Fsp3) is 0.500. The highest BCUT2D eigenvalue weighted by Crippen LogP contribution is 2.31. The van der Waals surface area contributed by atoms with Crippen molar-refractivity contribution in [2.45, 2.75) is 32.2 Å². The van der Waals surface area contributed by atoms with Crippen molar-refractivity contribution in [1.29, 1.82) is 0 Å². The summed E-state index contributed by atoms with van der Waals surface area (Å²) in [6, 6.07) is 7.02. The van der Waals surface area contributed by atoms with Crippen molar-refractivity contribution < 1.29 is 36.3 Å². The first-order valence-electron chi connectivity index (χ1n) is 13.7. The number of anilines is 2. The second kappa shape index (κ2) is 14.0. The lowest BCUT2D eigenvalue weighted by molar-refractivity contribution is -0.139. The van der Waals surface area contributed by atoms with Crippen molar-refractivity contribution in [3.63, 3.8) is 0 Å². The highest BCUT2D eigenvalue weighted by molar-refractivity contribution is 6.31. The molecule has 2 amide bonds. The van der Waals surface area contributed by atoms with Gasteiger partial charge in [0.2, 0.25) is 0 Å². The van der Waals surface area contributed by atoms with Gasteiger partial charge >= 0.3 is 6.18 Å². The van der Waals surface area contributed by atoms with Gasteiger partial charge in [-0.3, -0.25) is 19.4 Å². The number of hydrogen-bond acceptors (Lipinski definition) is 6. The van der Waals surface area contributed by atoms with Gasteiger partial charge in [-0.1, -0.05) is 24.6 Å². The number of alkyl halides is 3. The van der Waals surface area contributed by atoms with E-state index in [0.717, 1.165) is 12.6 Å². The van der Waals surface area contributed by atoms with Gasteiger partial charge in [-0.25, -0.2) is 8.78 Å². The highest BCUT2D eigenvalue weighted by Gasteiger charge is 2.30. The molecule has 0 aromatic heterocycles. The molecule has 2 saturated heterocycles. The Bertz CT molecular complexity index is 1270. The lowest BCUT2D eigenvalue weighted by atomic mass is 10.1. The molecule has 2 fully saturated rings. The molecule has 0 radical (unpaired) electrons. The molecule has 2 aliphatic heterocycles. The number of nitrogens with one attached hydrogen (secondary N) is 2. The topological polar surface area (TPSA) is 77.1 Å². The fourth-order valence-electron chi connectivity index (χ4n) is 4.90. The molecule has 14 heteroatoms. The van der Waals surface area contributed by atoms with Crippen molar-refractivity contribution >= 4 is 34.8 Å². The Morgan fingerprint density at radius 3 is 2.45 bits per heavy atom. The summed E-state index contributed by atoms with van der Waals surface area (Å²) in [4.78, 5) is 31.1. The number of carbonyl (C=O) groups is 2. The predicted octanol–water partition coefficient (Wildman–Crippen LogP) is 4.28. The zero-order chi connectivity index (χ0) is 30.4. The van der Waals surface area contributed by atoms with E-state index in [9.17, 15) is 27.2 Å². The molecule has 1 atom stereocenters. The summed E-state index contributed by atoms with van der Waals surface area (Å²) in [5, 5.41) is 5.53. The summed E-state index contributed by atoms with van der Waals surface area (Å²) >= 11 is 6.17. The van der Waals surface area contributed by atoms with E-state index in [0.29, 0.717) is 56.6 Å². The average Bonchev–Trinajstić information content (AvgIpc) is 2.97. The predicted molar refractivity (Wildman–Crippen MR) is 149 cm³/mol. The summed E-state index contributed by atoms with van der Waals surface area (Å²) in [5.74, 6) is -3.95. The van der Waals surface area contributed by atoms with Crippen molar-refractivity contribution in [2.75, 3.05) is 69.2 Å². The van der Waals surface area contributed by atoms with Gasteiger partial charge in [0.25, 0.3) is 11.8 Å². The largest absolute Gasteiger partial charge is 0.390 e. The van der Waals surface area contributed by atoms with E-state index in [1.807, 2.05) is 16.7 Å². The Kier molecular flexibility index (Phi) is 10.6. The molecule has 2 aromatic rings. The molecule has 4 rings (SSSR count). The SMILES string of the molecule is CCN1CCO[C@H](C(=O)NCc2ccc(C(=O)Nc3ccc(Cl)cc3N3CCN(CCC(F)(F)F)CC3)c(F)c2F)C1. The molecule has 8 nitrogen and oxygen atoms in total. The number of hydrogen-bond donors (Lipinski definition) is 2. The number of rotatable bonds is 9. The third kappa shape index (κ3) is 8.30. The van der Waals surface area contributed by atoms with Gasteiger partial charge in [0.15, 0.2) is 11.6 Å². The number of amides is 2. The number of halogens is 6. The van der Waals surface area contributed by atoms with Gasteiger partial charge in [0, 0.05) is 62.9 Å². The van der Waals surface area contributed by atoms with Gasteiger partial charge in [0.05, 0.1) is 30.0 Å². The standard InChI is InChI=1S/C28H33ClF5N5O3/c1-2-37-13-14-42-23(17-37)27(41)35-16-18-3-5-20(25(31)24(18)30)26(40)36-21-6-4-19(29)15-22(21)39-11-9-38(10-12-39)8-7-28(32,33)34/h3-6,15,23H,2,7-14,16-17H2,1H3,(H,35,41)(H,36,40)/t23-/m0/s1. The fourth-order valence-corrected chi connectivity index (χ4v) is 5.07. The smallest absolute Gasteiger partial charge is 0.367 e. The lowest BCUT2D eigenvalue weighted by Gasteiger charge is -2.37. The minimum absolute atomic E-state index is 0.104. The molecule has 0 spiro atoms. The molecule has 0 saturated carbocycles. The van der Waals surface area contributed by atoms with E-state index in [1.54, 1.807) is 11.0 Å². The van der Waals surface area contributed by atoms with Crippen molar-refractivity contribution in [3.05, 3.63) is 58.1 Å². The number of piperazine rings is 1. The van der Waals surface area contributed by atoms with E-state index < -0.39 is 47.7 Å². The van der Waals surface area contributed by atoms with Gasteiger partial charge in [-0.15, -0.1) is 0 Å². The van der Waals surface area contributed by atoms with Crippen LogP contribution >= 0.6 is 11.6 Å². The molecular weight excluding hydrogens is 585 g/mol. The Morgan fingerprint density at radius 1 is 1.02 bits per heavy atom. The molecule has 0 aliphatic carbocycles. The summed E-state index contributed by atoms with van der Waals surface area (Å²) in [7, 11) is 0. The number of morpholine rings is 1. The maximum Gasteiger partial charge on any atom is 0.390 e. The quantitative estimate of drug-likeness (QED) is 0.409. The van der Waals surface area contributed by atoms with Gasteiger partial charge in [-0.2, -0.15) is 13.2 Å². The Balaban J connectivity index is 1.39. The maximum absolute atomic E-state index is 15.0. The van der Waals surface area contributed by atoms with E-state index >= 15 is 4.39 Å². The first-order valence-corrected chi connectivity index (χ1v) is 14.1. The zero-order valence-electron chi connectivity index (χ0n) is 23.1. The zero-order valence-corrected chi connectivity index (χ0v) is 23.8. The van der Waals surface area contributed by atoms with Crippen molar-refractivity contribution in [2.24, 2.45) is 0 Å². The second-order valence-electron chi connectivity index (χ2n) is 10.2. The Morgan fingerprint density at radius 2 is 1.76 bits per heavy atom. The van der Waals surface area contributed by atoms with Crippen LogP contribution in [-0.2, 0) is 16.1 Å². The van der Waals surface area contributed by atoms with Gasteiger partial charge in [-0.05, 0) is 30.8 Å². The molecule has 2 aliphatic rings. The van der Waals surface area contributed by atoms with Gasteiger partial charge < -0.3 is 20.3 Å².